The number of hydrogen-bond acceptors (Lipinski definition) is 7. The third-order valence-corrected chi connectivity index (χ3v) is 5.66. The van der Waals surface area contributed by atoms with E-state index < -0.39 is 27.9 Å². The predicted octanol–water partition coefficient (Wildman–Crippen LogP) is 2.94. The molecule has 0 saturated heterocycles. The van der Waals surface area contributed by atoms with Crippen molar-refractivity contribution >= 4 is 22.0 Å². The van der Waals surface area contributed by atoms with Crippen molar-refractivity contribution in [2.24, 2.45) is 0 Å². The Labute approximate surface area is 187 Å². The number of anilines is 1. The van der Waals surface area contributed by atoms with E-state index >= 15 is 0 Å². The highest BCUT2D eigenvalue weighted by Gasteiger charge is 2.29. The summed E-state index contributed by atoms with van der Waals surface area (Å²) in [6.07, 6.45) is 2.07. The minimum Gasteiger partial charge on any atom is -0.424 e. The van der Waals surface area contributed by atoms with E-state index in [1.54, 1.807) is 6.07 Å². The Morgan fingerprint density at radius 2 is 1.94 bits per heavy atom. The highest BCUT2D eigenvalue weighted by atomic mass is 32.2. The van der Waals surface area contributed by atoms with Crippen LogP contribution in [0.1, 0.15) is 11.1 Å². The number of carbonyl (C=O) groups is 1. The van der Waals surface area contributed by atoms with Crippen LogP contribution in [-0.2, 0) is 23.3 Å². The molecule has 2 N–H and O–H groups in total. The van der Waals surface area contributed by atoms with E-state index in [1.165, 1.54) is 43.7 Å². The zero-order chi connectivity index (χ0) is 23.6. The van der Waals surface area contributed by atoms with Crippen molar-refractivity contribution in [2.75, 3.05) is 11.8 Å². The van der Waals surface area contributed by atoms with Crippen LogP contribution in [0, 0.1) is 11.6 Å². The van der Waals surface area contributed by atoms with Gasteiger partial charge in [-0.2, -0.15) is 8.42 Å². The largest absolute Gasteiger partial charge is 0.424 e. The van der Waals surface area contributed by atoms with Gasteiger partial charge in [-0.05, 0) is 12.1 Å². The Morgan fingerprint density at radius 3 is 2.67 bits per heavy atom. The summed E-state index contributed by atoms with van der Waals surface area (Å²) in [6.45, 7) is -0.483. The highest BCUT2D eigenvalue weighted by molar-refractivity contribution is 7.90. The second-order valence-electron chi connectivity index (χ2n) is 6.83. The molecule has 1 aliphatic heterocycles. The average molecular weight is 477 g/mol. The zero-order valence-corrected chi connectivity index (χ0v) is 17.9. The topological polar surface area (TPSA) is 123 Å². The summed E-state index contributed by atoms with van der Waals surface area (Å²) in [5.41, 5.74) is -0.222. The first-order chi connectivity index (χ1) is 15.8. The summed E-state index contributed by atoms with van der Waals surface area (Å²) in [5, 5.41) is 0. The molecule has 13 heteroatoms. The number of hydrogen-bond donors (Lipinski definition) is 2. The van der Waals surface area contributed by atoms with Gasteiger partial charge in [0.2, 0.25) is 0 Å². The lowest BCUT2D eigenvalue weighted by molar-refractivity contribution is 0.133. The van der Waals surface area contributed by atoms with Crippen LogP contribution in [0.4, 0.5) is 19.3 Å². The molecule has 0 saturated carbocycles. The van der Waals surface area contributed by atoms with E-state index in [-0.39, 0.29) is 47.4 Å². The van der Waals surface area contributed by atoms with Gasteiger partial charge in [0.1, 0.15) is 17.3 Å². The standard InChI is InChI=1S/C20H17F2N5O5S/c1-23-33(29,30)26-16-5-2-4-12(18(16)22)10-27-11-14-15(21)8-13(9-17(14)32-20(27)28)31-19-24-6-3-7-25-19/h2-9,23,26H,10-11H2,1H3. The van der Waals surface area contributed by atoms with Crippen molar-refractivity contribution in [3.63, 3.8) is 0 Å². The van der Waals surface area contributed by atoms with E-state index in [0.717, 1.165) is 11.0 Å². The molecule has 0 radical (unpaired) electrons. The van der Waals surface area contributed by atoms with Crippen molar-refractivity contribution in [2.45, 2.75) is 13.1 Å². The highest BCUT2D eigenvalue weighted by Crippen LogP contribution is 2.34. The fraction of sp³-hybridized carbons (Fsp3) is 0.150. The Morgan fingerprint density at radius 1 is 1.18 bits per heavy atom. The predicted molar refractivity (Wildman–Crippen MR) is 112 cm³/mol. The lowest BCUT2D eigenvalue weighted by Gasteiger charge is -2.28. The number of halogens is 2. The van der Waals surface area contributed by atoms with Gasteiger partial charge in [0.05, 0.1) is 24.3 Å². The van der Waals surface area contributed by atoms with Gasteiger partial charge in [0.15, 0.2) is 5.82 Å². The molecule has 2 aromatic carbocycles. The minimum atomic E-state index is -3.94. The van der Waals surface area contributed by atoms with Crippen LogP contribution in [0.2, 0.25) is 0 Å². The van der Waals surface area contributed by atoms with E-state index in [2.05, 4.69) is 9.97 Å². The molecule has 0 aliphatic carbocycles. The monoisotopic (exact) mass is 477 g/mol. The molecule has 0 unspecified atom stereocenters. The molecule has 1 amide bonds. The Balaban J connectivity index is 1.55. The van der Waals surface area contributed by atoms with Crippen LogP contribution in [0.5, 0.6) is 17.5 Å². The van der Waals surface area contributed by atoms with Gasteiger partial charge in [-0.1, -0.05) is 12.1 Å². The Bertz CT molecular complexity index is 1310. The molecule has 33 heavy (non-hydrogen) atoms. The number of fused-ring (bicyclic) bond motifs is 1. The summed E-state index contributed by atoms with van der Waals surface area (Å²) >= 11 is 0. The normalized spacial score (nSPS) is 13.3. The number of aromatic nitrogens is 2. The van der Waals surface area contributed by atoms with Crippen molar-refractivity contribution in [3.8, 4) is 17.5 Å². The van der Waals surface area contributed by atoms with Gasteiger partial charge in [0, 0.05) is 37.1 Å². The molecule has 1 aromatic heterocycles. The molecule has 4 rings (SSSR count). The number of ether oxygens (including phenoxy) is 2. The fourth-order valence-electron chi connectivity index (χ4n) is 3.05. The van der Waals surface area contributed by atoms with Gasteiger partial charge < -0.3 is 9.47 Å². The van der Waals surface area contributed by atoms with Crippen molar-refractivity contribution in [3.05, 3.63) is 71.6 Å². The zero-order valence-electron chi connectivity index (χ0n) is 17.1. The van der Waals surface area contributed by atoms with Crippen molar-refractivity contribution in [1.29, 1.82) is 0 Å². The summed E-state index contributed by atoms with van der Waals surface area (Å²) in [6, 6.07) is 8.04. The minimum absolute atomic E-state index is 0.00768. The van der Waals surface area contributed by atoms with Crippen LogP contribution >= 0.6 is 0 Å². The SMILES string of the molecule is CNS(=O)(=O)Nc1cccc(CN2Cc3c(F)cc(Oc4ncccn4)cc3OC2=O)c1F. The van der Waals surface area contributed by atoms with Gasteiger partial charge in [-0.25, -0.2) is 28.3 Å². The van der Waals surface area contributed by atoms with E-state index in [0.29, 0.717) is 0 Å². The second kappa shape index (κ2) is 8.96. The third kappa shape index (κ3) is 4.99. The molecule has 172 valence electrons. The maximum Gasteiger partial charge on any atom is 0.415 e. The Hall–Kier alpha value is -3.84. The molecule has 3 aromatic rings. The summed E-state index contributed by atoms with van der Waals surface area (Å²) < 4.78 is 67.5. The first-order valence-electron chi connectivity index (χ1n) is 9.48. The maximum atomic E-state index is 14.8. The smallest absolute Gasteiger partial charge is 0.415 e. The summed E-state index contributed by atoms with van der Waals surface area (Å²) in [7, 11) is -2.77. The van der Waals surface area contributed by atoms with Crippen LogP contribution in [0.15, 0.2) is 48.8 Å². The lowest BCUT2D eigenvalue weighted by atomic mass is 10.1. The number of nitrogens with zero attached hydrogens (tertiary/aromatic N) is 3. The van der Waals surface area contributed by atoms with E-state index in [9.17, 15) is 22.0 Å². The molecule has 0 bridgehead atoms. The number of benzene rings is 2. The van der Waals surface area contributed by atoms with Crippen LogP contribution in [0.25, 0.3) is 0 Å². The Kier molecular flexibility index (Phi) is 6.07. The van der Waals surface area contributed by atoms with Crippen LogP contribution < -0.4 is 18.9 Å². The van der Waals surface area contributed by atoms with E-state index in [1.807, 2.05) is 9.44 Å². The fourth-order valence-corrected chi connectivity index (χ4v) is 3.60. The van der Waals surface area contributed by atoms with Crippen LogP contribution in [-0.4, -0.2) is 36.4 Å². The number of amides is 1. The van der Waals surface area contributed by atoms with Gasteiger partial charge in [-0.15, -0.1) is 0 Å². The number of carbonyl (C=O) groups excluding carboxylic acids is 1. The second-order valence-corrected chi connectivity index (χ2v) is 8.45. The average Bonchev–Trinajstić information content (AvgIpc) is 2.78. The lowest BCUT2D eigenvalue weighted by Crippen LogP contribution is -2.37. The first kappa shape index (κ1) is 22.4. The van der Waals surface area contributed by atoms with Crippen molar-refractivity contribution in [1.82, 2.24) is 19.6 Å². The number of nitrogens with one attached hydrogen (secondary N) is 2. The molecule has 0 atom stereocenters. The number of rotatable bonds is 7. The maximum absolute atomic E-state index is 14.8. The van der Waals surface area contributed by atoms with Gasteiger partial charge >= 0.3 is 12.1 Å². The first-order valence-corrected chi connectivity index (χ1v) is 11.0. The summed E-state index contributed by atoms with van der Waals surface area (Å²) in [4.78, 5) is 21.3. The van der Waals surface area contributed by atoms with Gasteiger partial charge in [0.25, 0.3) is 10.2 Å². The molecule has 0 spiro atoms. The molecular weight excluding hydrogens is 460 g/mol. The van der Waals surface area contributed by atoms with Crippen LogP contribution in [0.3, 0.4) is 0 Å². The molecule has 10 nitrogen and oxygen atoms in total. The van der Waals surface area contributed by atoms with Crippen molar-refractivity contribution < 1.29 is 31.5 Å². The molecular formula is C20H17F2N5O5S. The molecule has 2 heterocycles. The van der Waals surface area contributed by atoms with Gasteiger partial charge in [-0.3, -0.25) is 9.62 Å². The van der Waals surface area contributed by atoms with E-state index in [4.69, 9.17) is 9.47 Å². The summed E-state index contributed by atoms with van der Waals surface area (Å²) in [5.74, 6) is -1.58. The quantitative estimate of drug-likeness (QED) is 0.536. The molecule has 1 aliphatic rings. The molecule has 0 fully saturated rings. The third-order valence-electron chi connectivity index (χ3n) is 4.64.